The van der Waals surface area contributed by atoms with Crippen LogP contribution in [0.1, 0.15) is 64.9 Å². The molecule has 8 rings (SSSR count). The maximum Gasteiger partial charge on any atom is 0.192 e. The first-order valence-electron chi connectivity index (χ1n) is 19.1. The first-order valence-corrected chi connectivity index (χ1v) is 21.5. The van der Waals surface area contributed by atoms with Crippen LogP contribution in [-0.4, -0.2) is 116 Å². The molecule has 304 valence electrons. The van der Waals surface area contributed by atoms with Gasteiger partial charge in [-0.3, -0.25) is 33.8 Å². The molecule has 5 unspecified atom stereocenters. The van der Waals surface area contributed by atoms with E-state index in [1.165, 1.54) is 32.0 Å². The summed E-state index contributed by atoms with van der Waals surface area (Å²) in [6, 6.07) is 21.0. The first kappa shape index (κ1) is 40.4. The quantitative estimate of drug-likeness (QED) is 0.0464. The average molecular weight is 835 g/mol. The summed E-state index contributed by atoms with van der Waals surface area (Å²) in [5.74, 6) is -1.93. The van der Waals surface area contributed by atoms with Gasteiger partial charge in [0.1, 0.15) is 5.76 Å². The largest absolute Gasteiger partial charge is 0.512 e. The lowest BCUT2D eigenvalue weighted by atomic mass is 9.71. The number of rotatable bonds is 13. The van der Waals surface area contributed by atoms with Crippen LogP contribution in [0.15, 0.2) is 96.8 Å². The summed E-state index contributed by atoms with van der Waals surface area (Å²) in [6.45, 7) is 0. The van der Waals surface area contributed by atoms with Crippen molar-refractivity contribution in [3.8, 4) is 23.0 Å². The molecule has 4 aliphatic rings. The van der Waals surface area contributed by atoms with Crippen molar-refractivity contribution in [3.63, 3.8) is 0 Å². The molecule has 12 nitrogen and oxygen atoms in total. The van der Waals surface area contributed by atoms with Crippen LogP contribution in [0.4, 0.5) is 0 Å². The summed E-state index contributed by atoms with van der Waals surface area (Å²) in [4.78, 5) is 74.3. The number of thioether (sulfide) groups is 2. The Morgan fingerprint density at radius 1 is 0.864 bits per heavy atom. The molecule has 3 saturated heterocycles. The molecular formula is C45H42N2O10S2. The predicted octanol–water partition coefficient (Wildman–Crippen LogP) is 6.10. The van der Waals surface area contributed by atoms with E-state index in [4.69, 9.17) is 9.47 Å². The van der Waals surface area contributed by atoms with Gasteiger partial charge in [0, 0.05) is 81.9 Å². The molecule has 0 amide bonds. The predicted molar refractivity (Wildman–Crippen MR) is 223 cm³/mol. The van der Waals surface area contributed by atoms with Crippen LogP contribution < -0.4 is 9.47 Å². The number of fused-ring (bicyclic) bond motifs is 3. The molecule has 3 aliphatic heterocycles. The summed E-state index contributed by atoms with van der Waals surface area (Å²) in [6.07, 6.45) is 1.83. The standard InChI is InChI=1S/C45H42N2O10S2/c1-56-38-14-11-25(16-36(38)51)15-28-21-58-23-46(28)33(42(53)30-8-4-3-7-27(30)20-48)18-29(49)19-37(52)40-34-22-59-24-47(34)45(41(40)26-12-13-35(50)39(17-26)57-2)43(54)31-9-5-6-10-32(31)44(45)55/h3-14,16-17,19-20,28,33-34,40-41,50-52H,15,18,21-24H2,1-2H3. The monoisotopic (exact) mass is 834 g/mol. The Morgan fingerprint density at radius 2 is 1.56 bits per heavy atom. The zero-order valence-corrected chi connectivity index (χ0v) is 33.9. The van der Waals surface area contributed by atoms with Crippen molar-refractivity contribution < 1.29 is 48.8 Å². The average Bonchev–Trinajstić information content (AvgIpc) is 4.02. The first-order chi connectivity index (χ1) is 28.5. The molecule has 0 bridgehead atoms. The molecule has 5 atom stereocenters. The number of hydrogen-bond donors (Lipinski definition) is 3. The van der Waals surface area contributed by atoms with Gasteiger partial charge in [0.25, 0.3) is 0 Å². The number of ether oxygens (including phenoxy) is 2. The number of Topliss-reactive ketones (excluding diaryl/α,β-unsaturated/α-hetero) is 3. The van der Waals surface area contributed by atoms with Gasteiger partial charge in [0.15, 0.2) is 58.0 Å². The number of benzene rings is 4. The van der Waals surface area contributed by atoms with Gasteiger partial charge in [-0.15, -0.1) is 23.5 Å². The van der Waals surface area contributed by atoms with E-state index in [2.05, 4.69) is 0 Å². The number of aliphatic hydroxyl groups is 1. The Morgan fingerprint density at radius 3 is 2.25 bits per heavy atom. The Hall–Kier alpha value is -5.41. The van der Waals surface area contributed by atoms with Gasteiger partial charge in [-0.25, -0.2) is 0 Å². The van der Waals surface area contributed by atoms with Crippen molar-refractivity contribution in [1.82, 2.24) is 9.80 Å². The number of carbonyl (C=O) groups excluding carboxylic acids is 5. The molecular weight excluding hydrogens is 793 g/mol. The smallest absolute Gasteiger partial charge is 0.192 e. The number of phenols is 2. The molecule has 1 aliphatic carbocycles. The van der Waals surface area contributed by atoms with E-state index in [-0.39, 0.29) is 57.7 Å². The third-order valence-electron chi connectivity index (χ3n) is 12.1. The Kier molecular flexibility index (Phi) is 11.2. The van der Waals surface area contributed by atoms with E-state index in [9.17, 15) is 39.3 Å². The van der Waals surface area contributed by atoms with Crippen LogP contribution in [0.2, 0.25) is 0 Å². The zero-order chi connectivity index (χ0) is 41.6. The minimum atomic E-state index is -1.75. The van der Waals surface area contributed by atoms with E-state index >= 15 is 0 Å². The van der Waals surface area contributed by atoms with E-state index in [0.717, 1.165) is 11.6 Å². The Labute approximate surface area is 349 Å². The number of carbonyl (C=O) groups is 5. The van der Waals surface area contributed by atoms with Crippen LogP contribution >= 0.6 is 23.5 Å². The van der Waals surface area contributed by atoms with Gasteiger partial charge in [0.2, 0.25) is 0 Å². The maximum absolute atomic E-state index is 14.7. The lowest BCUT2D eigenvalue weighted by Gasteiger charge is -2.36. The second-order valence-corrected chi connectivity index (χ2v) is 17.1. The molecule has 0 aromatic heterocycles. The van der Waals surface area contributed by atoms with Gasteiger partial charge < -0.3 is 24.8 Å². The summed E-state index contributed by atoms with van der Waals surface area (Å²) >= 11 is 3.12. The van der Waals surface area contributed by atoms with E-state index in [0.29, 0.717) is 47.3 Å². The fourth-order valence-electron chi connectivity index (χ4n) is 9.44. The Balaban J connectivity index is 1.18. The van der Waals surface area contributed by atoms with Crippen molar-refractivity contribution in [3.05, 3.63) is 130 Å². The van der Waals surface area contributed by atoms with Crippen molar-refractivity contribution >= 4 is 52.9 Å². The van der Waals surface area contributed by atoms with Gasteiger partial charge in [-0.2, -0.15) is 0 Å². The van der Waals surface area contributed by atoms with Crippen LogP contribution in [-0.2, 0) is 11.2 Å². The van der Waals surface area contributed by atoms with Crippen molar-refractivity contribution in [2.75, 3.05) is 37.5 Å². The highest BCUT2D eigenvalue weighted by molar-refractivity contribution is 7.99. The molecule has 4 aromatic carbocycles. The number of ketones is 4. The number of aliphatic hydroxyl groups excluding tert-OH is 1. The van der Waals surface area contributed by atoms with Crippen LogP contribution in [0.3, 0.4) is 0 Å². The van der Waals surface area contributed by atoms with E-state index in [1.807, 2.05) is 15.9 Å². The molecule has 0 saturated carbocycles. The highest BCUT2D eigenvalue weighted by atomic mass is 32.2. The fourth-order valence-corrected chi connectivity index (χ4v) is 12.1. The van der Waals surface area contributed by atoms with Crippen LogP contribution in [0.25, 0.3) is 0 Å². The zero-order valence-electron chi connectivity index (χ0n) is 32.3. The lowest BCUT2D eigenvalue weighted by Crippen LogP contribution is -2.56. The SMILES string of the molecule is COc1ccc(CC2CSCN2C(CC(=O)C=C(O)C2C3CSCN3C3(C(=O)c4ccccc4C3=O)C2c2ccc(O)c(OC)c2)C(=O)c2ccccc2C=O)cc1O. The number of hydrogen-bond acceptors (Lipinski definition) is 14. The Bertz CT molecular complexity index is 2360. The fraction of sp³-hybridized carbons (Fsp3) is 0.311. The van der Waals surface area contributed by atoms with Crippen LogP contribution in [0.5, 0.6) is 23.0 Å². The number of methoxy groups -OCH3 is 2. The molecule has 14 heteroatoms. The highest BCUT2D eigenvalue weighted by Gasteiger charge is 2.71. The van der Waals surface area contributed by atoms with Crippen molar-refractivity contribution in [2.45, 2.75) is 42.4 Å². The summed E-state index contributed by atoms with van der Waals surface area (Å²) < 4.78 is 10.7. The lowest BCUT2D eigenvalue weighted by molar-refractivity contribution is -0.115. The van der Waals surface area contributed by atoms with E-state index < -0.39 is 52.6 Å². The van der Waals surface area contributed by atoms with Crippen molar-refractivity contribution in [2.24, 2.45) is 5.92 Å². The third-order valence-corrected chi connectivity index (χ3v) is 14.2. The minimum Gasteiger partial charge on any atom is -0.512 e. The second kappa shape index (κ2) is 16.3. The summed E-state index contributed by atoms with van der Waals surface area (Å²) in [5.41, 5.74) is 0.433. The van der Waals surface area contributed by atoms with Gasteiger partial charge in [-0.05, 0) is 41.8 Å². The third kappa shape index (κ3) is 6.81. The molecule has 3 heterocycles. The molecule has 4 aromatic rings. The molecule has 1 spiro atoms. The molecule has 59 heavy (non-hydrogen) atoms. The number of aldehydes is 1. The van der Waals surface area contributed by atoms with E-state index in [1.54, 1.807) is 84.6 Å². The van der Waals surface area contributed by atoms with Crippen molar-refractivity contribution in [1.29, 1.82) is 0 Å². The summed E-state index contributed by atoms with van der Waals surface area (Å²) in [5, 5.41) is 33.3. The number of allylic oxidation sites excluding steroid dienone is 1. The number of nitrogens with zero attached hydrogens (tertiary/aromatic N) is 2. The topological polar surface area (TPSA) is 171 Å². The molecule has 3 N–H and O–H groups in total. The summed E-state index contributed by atoms with van der Waals surface area (Å²) in [7, 11) is 2.86. The maximum atomic E-state index is 14.7. The van der Waals surface area contributed by atoms with Crippen LogP contribution in [0, 0.1) is 5.92 Å². The van der Waals surface area contributed by atoms with Gasteiger partial charge in [-0.1, -0.05) is 60.7 Å². The molecule has 3 fully saturated rings. The normalized spacial score (nSPS) is 23.0. The minimum absolute atomic E-state index is 0.0209. The molecule has 0 radical (unpaired) electrons. The number of phenolic OH excluding ortho intramolecular Hbond substituents is 2. The van der Waals surface area contributed by atoms with Gasteiger partial charge >= 0.3 is 0 Å². The van der Waals surface area contributed by atoms with Gasteiger partial charge in [0.05, 0.1) is 20.3 Å². The second-order valence-electron chi connectivity index (χ2n) is 15.1. The highest BCUT2D eigenvalue weighted by Crippen LogP contribution is 2.59. The number of aromatic hydroxyl groups is 2.